The zero-order chi connectivity index (χ0) is 19.0. The Morgan fingerprint density at radius 3 is 2.56 bits per heavy atom. The summed E-state index contributed by atoms with van der Waals surface area (Å²) >= 11 is 0. The fourth-order valence-corrected chi connectivity index (χ4v) is 3.74. The van der Waals surface area contributed by atoms with E-state index in [1.165, 1.54) is 11.1 Å². The topological polar surface area (TPSA) is 66.0 Å². The average molecular weight is 358 g/mol. The monoisotopic (exact) mass is 358 g/mol. The van der Waals surface area contributed by atoms with Gasteiger partial charge < -0.3 is 5.11 Å². The Balaban J connectivity index is 1.82. The molecule has 0 saturated heterocycles. The van der Waals surface area contributed by atoms with Gasteiger partial charge in [0.25, 0.3) is 5.56 Å². The first-order chi connectivity index (χ1) is 13.0. The zero-order valence-corrected chi connectivity index (χ0v) is 15.5. The van der Waals surface area contributed by atoms with Gasteiger partial charge >= 0.3 is 0 Å². The van der Waals surface area contributed by atoms with E-state index in [2.05, 4.69) is 34.5 Å². The van der Waals surface area contributed by atoms with E-state index in [9.17, 15) is 9.90 Å². The highest BCUT2D eigenvalue weighted by atomic mass is 16.3. The van der Waals surface area contributed by atoms with Crippen LogP contribution in [0.5, 0.6) is 5.75 Å². The van der Waals surface area contributed by atoms with Crippen LogP contribution in [-0.4, -0.2) is 15.3 Å². The van der Waals surface area contributed by atoms with E-state index in [4.69, 9.17) is 0 Å². The number of aryl methyl sites for hydroxylation is 3. The van der Waals surface area contributed by atoms with Gasteiger partial charge in [-0.05, 0) is 79.1 Å². The number of hydrogen-bond donors (Lipinski definition) is 2. The van der Waals surface area contributed by atoms with Crippen LogP contribution >= 0.6 is 0 Å². The van der Waals surface area contributed by atoms with Crippen molar-refractivity contribution < 1.29 is 5.11 Å². The Bertz CT molecular complexity index is 1090. The van der Waals surface area contributed by atoms with Gasteiger partial charge in [0, 0.05) is 11.1 Å². The van der Waals surface area contributed by atoms with Crippen LogP contribution in [0.2, 0.25) is 0 Å². The molecule has 0 amide bonds. The molecule has 0 spiro atoms. The molecule has 2 aromatic carbocycles. The lowest BCUT2D eigenvalue weighted by atomic mass is 9.98. The van der Waals surface area contributed by atoms with Crippen LogP contribution in [0.4, 0.5) is 0 Å². The largest absolute Gasteiger partial charge is 0.507 e. The van der Waals surface area contributed by atoms with Crippen LogP contribution in [-0.2, 0) is 6.42 Å². The van der Waals surface area contributed by atoms with E-state index in [0.717, 1.165) is 41.5 Å². The molecule has 0 fully saturated rings. The molecular formula is C23H22N2O2. The predicted molar refractivity (Wildman–Crippen MR) is 109 cm³/mol. The fourth-order valence-electron chi connectivity index (χ4n) is 3.74. The molecule has 27 heavy (non-hydrogen) atoms. The number of aromatic amines is 1. The maximum absolute atomic E-state index is 12.5. The number of benzene rings is 2. The number of phenols is 1. The lowest BCUT2D eigenvalue weighted by Gasteiger charge is -2.10. The standard InChI is InChI=1S/C23H22N2O2/c1-14-10-19(11-15(2)22(14)26)21-13-20(23(27)25-24-21)18-9-5-8-16-6-3-4-7-17(16)12-18/h3-4,6-7,10-13,26H,5,8-9H2,1-2H3,(H,25,27). The third-order valence-electron chi connectivity index (χ3n) is 5.21. The maximum Gasteiger partial charge on any atom is 0.271 e. The van der Waals surface area contributed by atoms with E-state index in [-0.39, 0.29) is 5.56 Å². The van der Waals surface area contributed by atoms with Crippen molar-refractivity contribution in [2.45, 2.75) is 33.1 Å². The second-order valence-electron chi connectivity index (χ2n) is 7.18. The number of rotatable bonds is 2. The van der Waals surface area contributed by atoms with E-state index >= 15 is 0 Å². The lowest BCUT2D eigenvalue weighted by Crippen LogP contribution is -2.14. The molecule has 2 N–H and O–H groups in total. The highest BCUT2D eigenvalue weighted by Gasteiger charge is 2.15. The number of aromatic hydroxyl groups is 1. The van der Waals surface area contributed by atoms with Gasteiger partial charge in [-0.3, -0.25) is 4.79 Å². The van der Waals surface area contributed by atoms with Crippen molar-refractivity contribution in [3.63, 3.8) is 0 Å². The minimum atomic E-state index is -0.170. The Morgan fingerprint density at radius 1 is 1.04 bits per heavy atom. The van der Waals surface area contributed by atoms with Gasteiger partial charge in [0.2, 0.25) is 0 Å². The third-order valence-corrected chi connectivity index (χ3v) is 5.21. The minimum absolute atomic E-state index is 0.170. The van der Waals surface area contributed by atoms with Gasteiger partial charge in [-0.25, -0.2) is 5.10 Å². The molecule has 0 radical (unpaired) electrons. The van der Waals surface area contributed by atoms with Crippen LogP contribution in [0, 0.1) is 13.8 Å². The molecule has 0 unspecified atom stereocenters. The number of allylic oxidation sites excluding steroid dienone is 1. The predicted octanol–water partition coefficient (Wildman–Crippen LogP) is 4.64. The van der Waals surface area contributed by atoms with Crippen LogP contribution in [0.1, 0.15) is 40.7 Å². The Kier molecular flexibility index (Phi) is 4.40. The van der Waals surface area contributed by atoms with Crippen molar-refractivity contribution in [3.05, 3.63) is 80.6 Å². The summed E-state index contributed by atoms with van der Waals surface area (Å²) in [6.45, 7) is 3.73. The molecule has 4 nitrogen and oxygen atoms in total. The fraction of sp³-hybridized carbons (Fsp3) is 0.217. The Labute approximate surface area is 158 Å². The SMILES string of the molecule is Cc1cc(-c2cc(C3=Cc4ccccc4CCC3)c(=O)[nH]n2)cc(C)c1O. The number of nitrogens with zero attached hydrogens (tertiary/aromatic N) is 1. The number of phenolic OH excluding ortho intramolecular Hbond substituents is 1. The van der Waals surface area contributed by atoms with E-state index in [1.807, 2.05) is 38.1 Å². The number of aromatic nitrogens is 2. The molecule has 0 bridgehead atoms. The van der Waals surface area contributed by atoms with Crippen molar-refractivity contribution in [2.24, 2.45) is 0 Å². The van der Waals surface area contributed by atoms with Gasteiger partial charge in [0.15, 0.2) is 0 Å². The second-order valence-corrected chi connectivity index (χ2v) is 7.18. The van der Waals surface area contributed by atoms with Crippen molar-refractivity contribution >= 4 is 11.6 Å². The molecule has 1 aromatic heterocycles. The molecule has 1 aliphatic rings. The molecule has 0 aliphatic heterocycles. The number of H-pyrrole nitrogens is 1. The summed E-state index contributed by atoms with van der Waals surface area (Å²) in [6, 6.07) is 14.0. The molecule has 0 atom stereocenters. The molecule has 3 aromatic rings. The van der Waals surface area contributed by atoms with Crippen LogP contribution in [0.25, 0.3) is 22.9 Å². The quantitative estimate of drug-likeness (QED) is 0.701. The maximum atomic E-state index is 12.5. The van der Waals surface area contributed by atoms with Crippen molar-refractivity contribution in [2.75, 3.05) is 0 Å². The minimum Gasteiger partial charge on any atom is -0.507 e. The molecule has 136 valence electrons. The van der Waals surface area contributed by atoms with Crippen LogP contribution < -0.4 is 5.56 Å². The summed E-state index contributed by atoms with van der Waals surface area (Å²) in [5.74, 6) is 0.298. The molecule has 1 aliphatic carbocycles. The Morgan fingerprint density at radius 2 is 1.78 bits per heavy atom. The van der Waals surface area contributed by atoms with Crippen LogP contribution in [0.3, 0.4) is 0 Å². The summed E-state index contributed by atoms with van der Waals surface area (Å²) in [6.07, 6.45) is 5.01. The van der Waals surface area contributed by atoms with Crippen molar-refractivity contribution in [3.8, 4) is 17.0 Å². The first kappa shape index (κ1) is 17.3. The lowest BCUT2D eigenvalue weighted by molar-refractivity contribution is 0.467. The summed E-state index contributed by atoms with van der Waals surface area (Å²) in [4.78, 5) is 12.5. The highest BCUT2D eigenvalue weighted by molar-refractivity contribution is 5.84. The highest BCUT2D eigenvalue weighted by Crippen LogP contribution is 2.31. The molecular weight excluding hydrogens is 336 g/mol. The van der Waals surface area contributed by atoms with Gasteiger partial charge in [-0.2, -0.15) is 5.10 Å². The molecule has 0 saturated carbocycles. The molecule has 4 heteroatoms. The van der Waals surface area contributed by atoms with E-state index in [1.54, 1.807) is 0 Å². The van der Waals surface area contributed by atoms with Crippen LogP contribution in [0.15, 0.2) is 47.3 Å². The van der Waals surface area contributed by atoms with E-state index in [0.29, 0.717) is 17.0 Å². The third kappa shape index (κ3) is 3.31. The number of nitrogens with one attached hydrogen (secondary N) is 1. The zero-order valence-electron chi connectivity index (χ0n) is 15.5. The first-order valence-electron chi connectivity index (χ1n) is 9.22. The smallest absolute Gasteiger partial charge is 0.271 e. The summed E-state index contributed by atoms with van der Waals surface area (Å²) in [5, 5.41) is 16.9. The summed E-state index contributed by atoms with van der Waals surface area (Å²) < 4.78 is 0. The van der Waals surface area contributed by atoms with Gasteiger partial charge in [0.05, 0.1) is 5.69 Å². The summed E-state index contributed by atoms with van der Waals surface area (Å²) in [5.41, 5.74) is 7.21. The van der Waals surface area contributed by atoms with Crippen molar-refractivity contribution in [1.82, 2.24) is 10.2 Å². The number of fused-ring (bicyclic) bond motifs is 1. The van der Waals surface area contributed by atoms with Gasteiger partial charge in [-0.15, -0.1) is 0 Å². The van der Waals surface area contributed by atoms with Gasteiger partial charge in [-0.1, -0.05) is 30.3 Å². The molecule has 4 rings (SSSR count). The average Bonchev–Trinajstić information content (AvgIpc) is 2.88. The summed E-state index contributed by atoms with van der Waals surface area (Å²) in [7, 11) is 0. The van der Waals surface area contributed by atoms with Gasteiger partial charge in [0.1, 0.15) is 5.75 Å². The van der Waals surface area contributed by atoms with E-state index < -0.39 is 0 Å². The number of hydrogen-bond acceptors (Lipinski definition) is 3. The normalized spacial score (nSPS) is 13.6. The molecule has 1 heterocycles. The first-order valence-corrected chi connectivity index (χ1v) is 9.22. The second kappa shape index (κ2) is 6.88. The Hall–Kier alpha value is -3.14. The van der Waals surface area contributed by atoms with Crippen molar-refractivity contribution in [1.29, 1.82) is 0 Å².